The lowest BCUT2D eigenvalue weighted by Gasteiger charge is -2.09. The van der Waals surface area contributed by atoms with Gasteiger partial charge in [0.15, 0.2) is 11.5 Å². The molecule has 0 aliphatic carbocycles. The van der Waals surface area contributed by atoms with Gasteiger partial charge in [-0.1, -0.05) is 0 Å². The molecule has 0 bridgehead atoms. The molecule has 0 aromatic heterocycles. The predicted molar refractivity (Wildman–Crippen MR) is 63.4 cm³/mol. The summed E-state index contributed by atoms with van der Waals surface area (Å²) in [6, 6.07) is 2.94. The fourth-order valence-electron chi connectivity index (χ4n) is 1.49. The van der Waals surface area contributed by atoms with Crippen molar-refractivity contribution in [2.24, 2.45) is 0 Å². The number of nitro groups is 1. The van der Waals surface area contributed by atoms with E-state index in [9.17, 15) is 10.1 Å². The van der Waals surface area contributed by atoms with Gasteiger partial charge in [-0.2, -0.15) is 0 Å². The number of hydrogen-bond acceptors (Lipinski definition) is 4. The Labute approximate surface area is 99.5 Å². The molecule has 5 nitrogen and oxygen atoms in total. The van der Waals surface area contributed by atoms with Gasteiger partial charge in [0.05, 0.1) is 25.2 Å². The van der Waals surface area contributed by atoms with Gasteiger partial charge in [-0.05, 0) is 12.5 Å². The van der Waals surface area contributed by atoms with E-state index in [2.05, 4.69) is 5.92 Å². The van der Waals surface area contributed by atoms with E-state index in [0.29, 0.717) is 29.9 Å². The quantitative estimate of drug-likeness (QED) is 0.446. The molecule has 1 aromatic rings. The summed E-state index contributed by atoms with van der Waals surface area (Å²) in [6.07, 6.45) is 6.03. The number of hydrogen-bond donors (Lipinski definition) is 0. The molecule has 0 aliphatic rings. The lowest BCUT2D eigenvalue weighted by Crippen LogP contribution is -1.99. The third-order valence-electron chi connectivity index (χ3n) is 2.32. The maximum Gasteiger partial charge on any atom is 0.276 e. The predicted octanol–water partition coefficient (Wildman–Crippen LogP) is 2.18. The molecule has 0 heterocycles. The molecule has 0 radical (unpaired) electrons. The molecular weight excluding hydrogens is 222 g/mol. The van der Waals surface area contributed by atoms with Crippen molar-refractivity contribution in [3.8, 4) is 23.8 Å². The number of rotatable bonds is 5. The number of methoxy groups -OCH3 is 2. The van der Waals surface area contributed by atoms with Crippen molar-refractivity contribution in [1.82, 2.24) is 0 Å². The molecular formula is C12H13NO4. The van der Waals surface area contributed by atoms with Crippen LogP contribution in [0.1, 0.15) is 12.0 Å². The zero-order chi connectivity index (χ0) is 12.8. The Morgan fingerprint density at radius 3 is 2.41 bits per heavy atom. The van der Waals surface area contributed by atoms with Crippen molar-refractivity contribution in [2.75, 3.05) is 14.2 Å². The van der Waals surface area contributed by atoms with Gasteiger partial charge in [0, 0.05) is 12.0 Å². The fraction of sp³-hybridized carbons (Fsp3) is 0.333. The Morgan fingerprint density at radius 2 is 1.94 bits per heavy atom. The second kappa shape index (κ2) is 5.75. The van der Waals surface area contributed by atoms with Crippen molar-refractivity contribution in [3.63, 3.8) is 0 Å². The molecule has 0 saturated carbocycles. The number of nitrogens with zero attached hydrogens (tertiary/aromatic N) is 1. The van der Waals surface area contributed by atoms with Gasteiger partial charge in [0.1, 0.15) is 0 Å². The second-order valence-corrected chi connectivity index (χ2v) is 3.30. The maximum absolute atomic E-state index is 10.9. The Morgan fingerprint density at radius 1 is 1.35 bits per heavy atom. The van der Waals surface area contributed by atoms with Crippen LogP contribution in [-0.2, 0) is 6.42 Å². The average Bonchev–Trinajstić information content (AvgIpc) is 2.34. The Bertz CT molecular complexity index is 462. The first kappa shape index (κ1) is 12.8. The van der Waals surface area contributed by atoms with E-state index >= 15 is 0 Å². The van der Waals surface area contributed by atoms with E-state index in [1.807, 2.05) is 0 Å². The van der Waals surface area contributed by atoms with Crippen LogP contribution in [0.2, 0.25) is 0 Å². The van der Waals surface area contributed by atoms with Gasteiger partial charge in [0.2, 0.25) is 0 Å². The minimum atomic E-state index is -0.451. The summed E-state index contributed by atoms with van der Waals surface area (Å²) >= 11 is 0. The van der Waals surface area contributed by atoms with Crippen molar-refractivity contribution >= 4 is 5.69 Å². The molecule has 17 heavy (non-hydrogen) atoms. The van der Waals surface area contributed by atoms with Gasteiger partial charge in [-0.25, -0.2) is 0 Å². The van der Waals surface area contributed by atoms with E-state index in [-0.39, 0.29) is 5.69 Å². The molecule has 1 rings (SSSR count). The minimum absolute atomic E-state index is 0.00194. The van der Waals surface area contributed by atoms with Crippen LogP contribution in [0.5, 0.6) is 11.5 Å². The number of aryl methyl sites for hydroxylation is 1. The van der Waals surface area contributed by atoms with Gasteiger partial charge in [-0.15, -0.1) is 12.3 Å². The maximum atomic E-state index is 10.9. The summed E-state index contributed by atoms with van der Waals surface area (Å²) < 4.78 is 10.1. The van der Waals surface area contributed by atoms with Gasteiger partial charge in [0.25, 0.3) is 5.69 Å². The second-order valence-electron chi connectivity index (χ2n) is 3.30. The molecule has 90 valence electrons. The molecule has 0 N–H and O–H groups in total. The number of nitro benzene ring substituents is 1. The Hall–Kier alpha value is -2.22. The highest BCUT2D eigenvalue weighted by molar-refractivity contribution is 5.54. The van der Waals surface area contributed by atoms with Crippen LogP contribution in [0, 0.1) is 22.5 Å². The summed E-state index contributed by atoms with van der Waals surface area (Å²) in [4.78, 5) is 10.5. The smallest absolute Gasteiger partial charge is 0.276 e. The first-order valence-electron chi connectivity index (χ1n) is 4.96. The fourth-order valence-corrected chi connectivity index (χ4v) is 1.49. The van der Waals surface area contributed by atoms with E-state index < -0.39 is 4.92 Å². The van der Waals surface area contributed by atoms with E-state index in [0.717, 1.165) is 0 Å². The van der Waals surface area contributed by atoms with Crippen molar-refractivity contribution in [3.05, 3.63) is 27.8 Å². The highest BCUT2D eigenvalue weighted by atomic mass is 16.6. The zero-order valence-corrected chi connectivity index (χ0v) is 9.73. The van der Waals surface area contributed by atoms with Crippen molar-refractivity contribution in [2.45, 2.75) is 12.8 Å². The monoisotopic (exact) mass is 235 g/mol. The summed E-state index contributed by atoms with van der Waals surface area (Å²) in [6.45, 7) is 0. The van der Waals surface area contributed by atoms with Crippen LogP contribution in [0.3, 0.4) is 0 Å². The standard InChI is InChI=1S/C12H13NO4/c1-4-5-6-9-7-11(16-2)12(17-3)8-10(9)13(14)15/h1,7-8H,5-6H2,2-3H3. The summed E-state index contributed by atoms with van der Waals surface area (Å²) in [7, 11) is 2.91. The number of terminal acetylenes is 1. The Kier molecular flexibility index (Phi) is 4.35. The van der Waals surface area contributed by atoms with E-state index in [1.54, 1.807) is 6.07 Å². The molecule has 0 spiro atoms. The zero-order valence-electron chi connectivity index (χ0n) is 9.73. The molecule has 0 amide bonds. The number of benzene rings is 1. The molecule has 1 aromatic carbocycles. The van der Waals surface area contributed by atoms with Crippen molar-refractivity contribution in [1.29, 1.82) is 0 Å². The van der Waals surface area contributed by atoms with Crippen LogP contribution in [-0.4, -0.2) is 19.1 Å². The Balaban J connectivity index is 3.25. The number of ether oxygens (including phenoxy) is 2. The van der Waals surface area contributed by atoms with Crippen LogP contribution in [0.4, 0.5) is 5.69 Å². The highest BCUT2D eigenvalue weighted by Crippen LogP contribution is 2.34. The molecule has 0 unspecified atom stereocenters. The normalized spacial score (nSPS) is 9.47. The van der Waals surface area contributed by atoms with E-state index in [4.69, 9.17) is 15.9 Å². The van der Waals surface area contributed by atoms with Crippen LogP contribution in [0.25, 0.3) is 0 Å². The summed E-state index contributed by atoms with van der Waals surface area (Å²) in [5.74, 6) is 3.25. The van der Waals surface area contributed by atoms with Crippen LogP contribution >= 0.6 is 0 Å². The SMILES string of the molecule is C#CCCc1cc(OC)c(OC)cc1[N+](=O)[O-]. The minimum Gasteiger partial charge on any atom is -0.493 e. The van der Waals surface area contributed by atoms with Crippen LogP contribution in [0.15, 0.2) is 12.1 Å². The third kappa shape index (κ3) is 2.88. The summed E-state index contributed by atoms with van der Waals surface area (Å²) in [5.41, 5.74) is 0.545. The topological polar surface area (TPSA) is 61.6 Å². The van der Waals surface area contributed by atoms with Gasteiger partial charge in [-0.3, -0.25) is 10.1 Å². The lowest BCUT2D eigenvalue weighted by molar-refractivity contribution is -0.385. The van der Waals surface area contributed by atoms with Crippen LogP contribution < -0.4 is 9.47 Å². The highest BCUT2D eigenvalue weighted by Gasteiger charge is 2.18. The summed E-state index contributed by atoms with van der Waals surface area (Å²) in [5, 5.41) is 10.9. The first-order valence-corrected chi connectivity index (χ1v) is 4.96. The van der Waals surface area contributed by atoms with Gasteiger partial charge >= 0.3 is 0 Å². The molecule has 0 saturated heterocycles. The first-order chi connectivity index (χ1) is 8.13. The van der Waals surface area contributed by atoms with Gasteiger partial charge < -0.3 is 9.47 Å². The van der Waals surface area contributed by atoms with E-state index in [1.165, 1.54) is 20.3 Å². The molecule has 0 atom stereocenters. The molecule has 5 heteroatoms. The molecule has 0 fully saturated rings. The molecule has 0 aliphatic heterocycles. The lowest BCUT2D eigenvalue weighted by atomic mass is 10.1. The largest absolute Gasteiger partial charge is 0.493 e. The third-order valence-corrected chi connectivity index (χ3v) is 2.32. The average molecular weight is 235 g/mol. The van der Waals surface area contributed by atoms with Crippen molar-refractivity contribution < 1.29 is 14.4 Å².